The number of carbonyl (C=O) groups is 3. The van der Waals surface area contributed by atoms with Crippen LogP contribution in [0.1, 0.15) is 175 Å². The Balaban J connectivity index is 0.000000172. The summed E-state index contributed by atoms with van der Waals surface area (Å²) in [6.07, 6.45) is 22.1. The SMILES string of the molecule is COC(=O)CC1CCC(c2ccc(-c3ccc(-c4nc(C)n(COCC[Si](C)(C)C)n4)cn3)cc2)CC1.COC(=O)CC1CCC(c2ccc(-c3ccc(-c4nc(C)nn4COCC[Si](C)(C)C)cn3)cc2)CC1.COC(=O)CC1CCC(c2ccc(B3OC(C)C(C)(C)O3)cc2)CC1.Cc1nc(-c2ccc(Cl)nc2)n(COCC[Si](C)(C)C)n1.Cc1nc(-c2ccc(Cl)nc2)nn1COCC[Si](C)(C)C. The Hall–Kier alpha value is -9.50. The van der Waals surface area contributed by atoms with Crippen molar-refractivity contribution in [3.8, 4) is 68.1 Å². The van der Waals surface area contributed by atoms with Crippen molar-refractivity contribution >= 4 is 86.0 Å². The number of aryl methyl sites for hydroxylation is 4. The zero-order chi connectivity index (χ0) is 102. The van der Waals surface area contributed by atoms with Crippen LogP contribution in [0.15, 0.2) is 146 Å². The summed E-state index contributed by atoms with van der Waals surface area (Å²) in [6.45, 7) is 46.6. The van der Waals surface area contributed by atoms with Gasteiger partial charge in [0.1, 0.15) is 60.5 Å². The van der Waals surface area contributed by atoms with Crippen molar-refractivity contribution in [2.75, 3.05) is 47.8 Å². The number of rotatable bonds is 36. The first-order valence-electron chi connectivity index (χ1n) is 50.0. The maximum atomic E-state index is 11.6. The van der Waals surface area contributed by atoms with Gasteiger partial charge in [-0.25, -0.2) is 48.6 Å². The predicted molar refractivity (Wildman–Crippen MR) is 571 cm³/mol. The number of pyridine rings is 4. The molecule has 4 fully saturated rings. The van der Waals surface area contributed by atoms with Gasteiger partial charge in [-0.1, -0.05) is 175 Å². The Kier molecular flexibility index (Phi) is 41.9. The standard InChI is InChI=1S/2C29H40N4O3Si.C20H29BO4.2C14H21ClN4OSi/c1-21-31-29(32-33(21)20-36-16-17-37(3,4)5)26-14-15-27(30-19-26)25-12-10-24(11-13-25)23-8-6-22(7-9-23)18-28(34)35-2;1-21-31-29(33(32-21)20-36-16-17-37(3,4)5)26-14-15-27(30-19-26)25-12-10-24(11-13-25)23-8-6-22(7-9-23)18-28(34)35-2;1-14-20(2,3)25-21(24-14)18-11-9-17(10-12-18)16-7-5-15(6-8-16)13-19(22)23-4;1-11-17-14(12-5-6-13(15)16-9-12)18-19(11)10-20-7-8-21(2,3)4;1-11-17-14(12-5-6-13(15)16-9-12)19(18-11)10-20-7-8-21(2,3)4/h2*10-15,19,22-23H,6-9,16-18,20H2,1-5H3;9-12,14-16H,5-8,13H2,1-4H3;2*5-6,9H,7-8,10H2,1-4H3. The molecule has 1 aliphatic heterocycles. The minimum atomic E-state index is -1.13. The number of nitrogens with zero attached hydrogens (tertiary/aromatic N) is 16. The lowest BCUT2D eigenvalue weighted by Crippen LogP contribution is -2.34. The first kappa shape index (κ1) is 112. The van der Waals surface area contributed by atoms with Crippen molar-refractivity contribution in [2.24, 2.45) is 17.8 Å². The van der Waals surface area contributed by atoms with Gasteiger partial charge < -0.3 is 42.5 Å². The molecule has 141 heavy (non-hydrogen) atoms. The second-order valence-electron chi connectivity index (χ2n) is 43.2. The van der Waals surface area contributed by atoms with Crippen molar-refractivity contribution in [1.82, 2.24) is 79.0 Å². The van der Waals surface area contributed by atoms with Gasteiger partial charge in [0, 0.05) is 136 Å². The van der Waals surface area contributed by atoms with E-state index in [1.54, 1.807) is 33.9 Å². The Morgan fingerprint density at radius 2 is 0.681 bits per heavy atom. The normalized spacial score (nSPS) is 18.1. The third-order valence-corrected chi connectivity index (χ3v) is 33.7. The molecule has 35 heteroatoms. The van der Waals surface area contributed by atoms with Gasteiger partial charge in [0.25, 0.3) is 0 Å². The summed E-state index contributed by atoms with van der Waals surface area (Å²) in [4.78, 5) is 70.2. The fraction of sp³-hybridized carbons (Fsp3) is 0.538. The molecule has 1 atom stereocenters. The van der Waals surface area contributed by atoms with Crippen LogP contribution in [0.5, 0.6) is 0 Å². The minimum absolute atomic E-state index is 0.0819. The molecule has 3 saturated carbocycles. The number of ether oxygens (including phenoxy) is 7. The van der Waals surface area contributed by atoms with E-state index in [1.165, 1.54) is 38.0 Å². The lowest BCUT2D eigenvalue weighted by molar-refractivity contribution is -0.142. The summed E-state index contributed by atoms with van der Waals surface area (Å²) in [7, 11) is -0.214. The summed E-state index contributed by atoms with van der Waals surface area (Å²) < 4.78 is 56.8. The van der Waals surface area contributed by atoms with Crippen LogP contribution < -0.4 is 5.46 Å². The van der Waals surface area contributed by atoms with Gasteiger partial charge in [0.05, 0.1) is 44.4 Å². The van der Waals surface area contributed by atoms with Crippen LogP contribution in [0.3, 0.4) is 0 Å². The summed E-state index contributed by atoms with van der Waals surface area (Å²) in [5.74, 6) is 8.78. The van der Waals surface area contributed by atoms with Crippen molar-refractivity contribution in [1.29, 1.82) is 0 Å². The molecule has 0 spiro atoms. The highest BCUT2D eigenvalue weighted by molar-refractivity contribution is 6.77. The Labute approximate surface area is 850 Å². The number of hydrogen-bond donors (Lipinski definition) is 0. The topological polar surface area (TPSA) is 309 Å². The van der Waals surface area contributed by atoms with Crippen molar-refractivity contribution < 1.29 is 56.9 Å². The van der Waals surface area contributed by atoms with E-state index in [1.807, 2.05) is 79.8 Å². The van der Waals surface area contributed by atoms with Gasteiger partial charge in [0.15, 0.2) is 23.3 Å². The van der Waals surface area contributed by atoms with E-state index in [0.29, 0.717) is 109 Å². The van der Waals surface area contributed by atoms with E-state index >= 15 is 0 Å². The number of halogens is 2. The maximum absolute atomic E-state index is 11.6. The number of methoxy groups -OCH3 is 3. The molecule has 1 saturated heterocycles. The molecule has 9 heterocycles. The lowest BCUT2D eigenvalue weighted by atomic mass is 9.75. The van der Waals surface area contributed by atoms with E-state index in [-0.39, 0.29) is 36.7 Å². The fourth-order valence-corrected chi connectivity index (χ4v) is 20.4. The first-order valence-corrected chi connectivity index (χ1v) is 65.6. The van der Waals surface area contributed by atoms with E-state index in [4.69, 9.17) is 75.6 Å². The molecule has 3 aliphatic carbocycles. The maximum Gasteiger partial charge on any atom is 0.494 e. The largest absolute Gasteiger partial charge is 0.494 e. The third kappa shape index (κ3) is 36.3. The lowest BCUT2D eigenvalue weighted by Gasteiger charge is -2.28. The van der Waals surface area contributed by atoms with Gasteiger partial charge >= 0.3 is 25.0 Å². The molecule has 15 rings (SSSR count). The van der Waals surface area contributed by atoms with Crippen LogP contribution in [-0.4, -0.2) is 196 Å². The summed E-state index contributed by atoms with van der Waals surface area (Å²) in [5.41, 5.74) is 12.6. The van der Waals surface area contributed by atoms with Gasteiger partial charge in [-0.2, -0.15) is 10.2 Å². The molecule has 0 N–H and O–H groups in total. The summed E-state index contributed by atoms with van der Waals surface area (Å²) in [5, 5.41) is 18.9. The molecule has 0 amide bonds. The Morgan fingerprint density at radius 3 is 0.972 bits per heavy atom. The van der Waals surface area contributed by atoms with E-state index < -0.39 is 32.3 Å². The van der Waals surface area contributed by atoms with Crippen molar-refractivity contribution in [2.45, 2.75) is 304 Å². The molecule has 4 aliphatic rings. The number of hydrogen-bond acceptors (Lipinski definition) is 24. The van der Waals surface area contributed by atoms with Crippen LogP contribution in [0.4, 0.5) is 0 Å². The smallest absolute Gasteiger partial charge is 0.469 e. The molecule has 760 valence electrons. The minimum Gasteiger partial charge on any atom is -0.469 e. The van der Waals surface area contributed by atoms with Crippen LogP contribution in [0, 0.1) is 45.4 Å². The molecule has 8 aromatic heterocycles. The van der Waals surface area contributed by atoms with Crippen LogP contribution in [-0.2, 0) is 83.8 Å². The molecule has 1 unspecified atom stereocenters. The van der Waals surface area contributed by atoms with Gasteiger partial charge in [-0.3, -0.25) is 24.4 Å². The van der Waals surface area contributed by atoms with Crippen LogP contribution >= 0.6 is 23.2 Å². The monoisotopic (exact) mass is 2030 g/mol. The van der Waals surface area contributed by atoms with Gasteiger partial charge in [-0.15, -0.1) is 10.2 Å². The number of carbonyl (C=O) groups excluding carboxylic acids is 3. The highest BCUT2D eigenvalue weighted by Crippen LogP contribution is 2.42. The van der Waals surface area contributed by atoms with Crippen molar-refractivity contribution in [3.05, 3.63) is 196 Å². The number of aromatic nitrogens is 16. The molecule has 0 bridgehead atoms. The second kappa shape index (κ2) is 52.8. The molecular formula is C106H151BCl2N16O12Si4. The summed E-state index contributed by atoms with van der Waals surface area (Å²) in [6, 6.07) is 46.2. The Morgan fingerprint density at radius 1 is 0.383 bits per heavy atom. The molecule has 11 aromatic rings. The van der Waals surface area contributed by atoms with Gasteiger partial charge in [0.2, 0.25) is 0 Å². The molecule has 3 aromatic carbocycles. The first-order chi connectivity index (χ1) is 67.0. The Bertz CT molecular complexity index is 5690. The molecular weight excluding hydrogens is 1880 g/mol. The molecule has 28 nitrogen and oxygen atoms in total. The van der Waals surface area contributed by atoms with E-state index in [2.05, 4.69) is 228 Å². The zero-order valence-electron chi connectivity index (χ0n) is 87.4. The second-order valence-corrected chi connectivity index (χ2v) is 66.4. The average molecular weight is 2040 g/mol. The van der Waals surface area contributed by atoms with Crippen LogP contribution in [0.25, 0.3) is 68.1 Å². The molecule has 0 radical (unpaired) electrons. The third-order valence-electron chi connectivity index (χ3n) is 26.5. The zero-order valence-corrected chi connectivity index (χ0v) is 92.9. The highest BCUT2D eigenvalue weighted by Gasteiger charge is 2.44. The summed E-state index contributed by atoms with van der Waals surface area (Å²) >= 11 is 11.6. The average Bonchev–Trinajstić information content (AvgIpc) is 1.73. The van der Waals surface area contributed by atoms with E-state index in [9.17, 15) is 14.4 Å². The predicted octanol–water partition coefficient (Wildman–Crippen LogP) is 23.6. The number of benzene rings is 3. The van der Waals surface area contributed by atoms with Gasteiger partial charge in [-0.05, 0) is 256 Å². The number of esters is 3. The quantitative estimate of drug-likeness (QED) is 0.0116. The highest BCUT2D eigenvalue weighted by atomic mass is 35.5. The fourth-order valence-electron chi connectivity index (χ4n) is 17.1. The van der Waals surface area contributed by atoms with Crippen molar-refractivity contribution in [3.63, 3.8) is 0 Å². The van der Waals surface area contributed by atoms with E-state index in [0.717, 1.165) is 207 Å². The van der Waals surface area contributed by atoms with Crippen LogP contribution in [0.2, 0.25) is 113 Å².